The highest BCUT2D eigenvalue weighted by Crippen LogP contribution is 1.92. The Hall–Kier alpha value is -1.84. The van der Waals surface area contributed by atoms with Crippen LogP contribution in [0, 0.1) is 0 Å². The SMILES string of the molecule is C=CCn1ccn2ccnc2c1=O. The van der Waals surface area contributed by atoms with Gasteiger partial charge in [-0.15, -0.1) is 6.58 Å². The zero-order valence-corrected chi connectivity index (χ0v) is 7.05. The molecule has 2 aromatic heterocycles. The van der Waals surface area contributed by atoms with E-state index >= 15 is 0 Å². The maximum atomic E-state index is 11.6. The van der Waals surface area contributed by atoms with Gasteiger partial charge in [-0.3, -0.25) is 4.79 Å². The molecule has 0 radical (unpaired) electrons. The lowest BCUT2D eigenvalue weighted by atomic mass is 10.5. The first-order valence-electron chi connectivity index (χ1n) is 3.96. The molecule has 0 aliphatic heterocycles. The number of hydrogen-bond acceptors (Lipinski definition) is 2. The summed E-state index contributed by atoms with van der Waals surface area (Å²) in [5.74, 6) is 0. The average Bonchev–Trinajstić information content (AvgIpc) is 2.58. The zero-order valence-electron chi connectivity index (χ0n) is 7.05. The Kier molecular flexibility index (Phi) is 1.73. The van der Waals surface area contributed by atoms with E-state index < -0.39 is 0 Å². The lowest BCUT2D eigenvalue weighted by Gasteiger charge is -2.00. The van der Waals surface area contributed by atoms with Crippen molar-refractivity contribution in [3.8, 4) is 0 Å². The predicted octanol–water partition coefficient (Wildman–Crippen LogP) is 0.682. The van der Waals surface area contributed by atoms with Crippen LogP contribution in [-0.4, -0.2) is 14.0 Å². The summed E-state index contributed by atoms with van der Waals surface area (Å²) in [6.07, 6.45) is 8.55. The second-order valence-corrected chi connectivity index (χ2v) is 2.70. The van der Waals surface area contributed by atoms with Gasteiger partial charge in [0, 0.05) is 31.3 Å². The van der Waals surface area contributed by atoms with E-state index in [4.69, 9.17) is 0 Å². The van der Waals surface area contributed by atoms with Gasteiger partial charge in [0.25, 0.3) is 5.56 Å². The van der Waals surface area contributed by atoms with Crippen molar-refractivity contribution < 1.29 is 0 Å². The summed E-state index contributed by atoms with van der Waals surface area (Å²) >= 11 is 0. The Morgan fingerprint density at radius 3 is 3.08 bits per heavy atom. The molecule has 0 spiro atoms. The van der Waals surface area contributed by atoms with Crippen molar-refractivity contribution in [2.75, 3.05) is 0 Å². The van der Waals surface area contributed by atoms with Gasteiger partial charge in [-0.25, -0.2) is 4.98 Å². The fourth-order valence-corrected chi connectivity index (χ4v) is 1.23. The van der Waals surface area contributed by atoms with Crippen molar-refractivity contribution in [3.05, 3.63) is 47.8 Å². The van der Waals surface area contributed by atoms with Crippen molar-refractivity contribution in [3.63, 3.8) is 0 Å². The molecular weight excluding hydrogens is 166 g/mol. The lowest BCUT2D eigenvalue weighted by Crippen LogP contribution is -2.20. The molecule has 0 aliphatic carbocycles. The molecule has 0 saturated heterocycles. The largest absolute Gasteiger partial charge is 0.307 e. The van der Waals surface area contributed by atoms with Gasteiger partial charge in [-0.2, -0.15) is 0 Å². The molecule has 0 amide bonds. The van der Waals surface area contributed by atoms with Gasteiger partial charge in [0.2, 0.25) is 5.65 Å². The first kappa shape index (κ1) is 7.79. The monoisotopic (exact) mass is 175 g/mol. The van der Waals surface area contributed by atoms with E-state index in [1.54, 1.807) is 39.8 Å². The van der Waals surface area contributed by atoms with Crippen LogP contribution in [0.15, 0.2) is 42.2 Å². The van der Waals surface area contributed by atoms with Gasteiger partial charge < -0.3 is 8.97 Å². The molecule has 0 N–H and O–H groups in total. The fraction of sp³-hybridized carbons (Fsp3) is 0.111. The molecule has 0 saturated carbocycles. The smallest absolute Gasteiger partial charge is 0.294 e. The molecule has 0 aliphatic rings. The maximum absolute atomic E-state index is 11.6. The molecule has 13 heavy (non-hydrogen) atoms. The third kappa shape index (κ3) is 1.16. The topological polar surface area (TPSA) is 39.3 Å². The van der Waals surface area contributed by atoms with E-state index in [1.165, 1.54) is 0 Å². The minimum absolute atomic E-state index is 0.0904. The van der Waals surface area contributed by atoms with Gasteiger partial charge in [0.15, 0.2) is 0 Å². The van der Waals surface area contributed by atoms with Crippen molar-refractivity contribution >= 4 is 5.65 Å². The number of allylic oxidation sites excluding steroid dienone is 1. The molecule has 2 aromatic rings. The summed E-state index contributed by atoms with van der Waals surface area (Å²) in [6.45, 7) is 4.09. The lowest BCUT2D eigenvalue weighted by molar-refractivity contribution is 0.770. The second kappa shape index (κ2) is 2.90. The van der Waals surface area contributed by atoms with E-state index in [2.05, 4.69) is 11.6 Å². The third-order valence-electron chi connectivity index (χ3n) is 1.85. The summed E-state index contributed by atoms with van der Waals surface area (Å²) in [6, 6.07) is 0. The highest BCUT2D eigenvalue weighted by Gasteiger charge is 2.00. The summed E-state index contributed by atoms with van der Waals surface area (Å²) in [4.78, 5) is 15.6. The molecule has 66 valence electrons. The number of fused-ring (bicyclic) bond motifs is 1. The number of rotatable bonds is 2. The highest BCUT2D eigenvalue weighted by atomic mass is 16.1. The van der Waals surface area contributed by atoms with Crippen molar-refractivity contribution in [2.45, 2.75) is 6.54 Å². The van der Waals surface area contributed by atoms with Crippen LogP contribution in [0.1, 0.15) is 0 Å². The van der Waals surface area contributed by atoms with Crippen LogP contribution < -0.4 is 5.56 Å². The number of nitrogens with zero attached hydrogens (tertiary/aromatic N) is 3. The fourth-order valence-electron chi connectivity index (χ4n) is 1.23. The van der Waals surface area contributed by atoms with Gasteiger partial charge in [-0.1, -0.05) is 6.08 Å². The number of aromatic nitrogens is 3. The third-order valence-corrected chi connectivity index (χ3v) is 1.85. The van der Waals surface area contributed by atoms with Crippen LogP contribution in [0.5, 0.6) is 0 Å². The van der Waals surface area contributed by atoms with Gasteiger partial charge in [0.05, 0.1) is 0 Å². The molecule has 2 rings (SSSR count). The van der Waals surface area contributed by atoms with Crippen LogP contribution in [0.25, 0.3) is 5.65 Å². The number of hydrogen-bond donors (Lipinski definition) is 0. The Labute approximate surface area is 74.8 Å². The summed E-state index contributed by atoms with van der Waals surface area (Å²) in [7, 11) is 0. The molecule has 0 unspecified atom stereocenters. The average molecular weight is 175 g/mol. The number of imidazole rings is 1. The van der Waals surface area contributed by atoms with Crippen LogP contribution in [0.2, 0.25) is 0 Å². The van der Waals surface area contributed by atoms with E-state index in [0.29, 0.717) is 12.2 Å². The van der Waals surface area contributed by atoms with E-state index in [-0.39, 0.29) is 5.56 Å². The second-order valence-electron chi connectivity index (χ2n) is 2.70. The normalized spacial score (nSPS) is 10.5. The summed E-state index contributed by atoms with van der Waals surface area (Å²) in [5, 5.41) is 0. The Morgan fingerprint density at radius 1 is 1.46 bits per heavy atom. The minimum Gasteiger partial charge on any atom is -0.307 e. The van der Waals surface area contributed by atoms with Gasteiger partial charge in [0.1, 0.15) is 0 Å². The quantitative estimate of drug-likeness (QED) is 0.630. The van der Waals surface area contributed by atoms with Crippen LogP contribution >= 0.6 is 0 Å². The van der Waals surface area contributed by atoms with Crippen LogP contribution in [0.3, 0.4) is 0 Å². The first-order valence-corrected chi connectivity index (χ1v) is 3.96. The van der Waals surface area contributed by atoms with E-state index in [0.717, 1.165) is 0 Å². The summed E-state index contributed by atoms with van der Waals surface area (Å²) < 4.78 is 3.26. The predicted molar refractivity (Wildman–Crippen MR) is 49.6 cm³/mol. The van der Waals surface area contributed by atoms with E-state index in [1.807, 2.05) is 0 Å². The molecule has 4 heteroatoms. The van der Waals surface area contributed by atoms with Crippen LogP contribution in [-0.2, 0) is 6.54 Å². The maximum Gasteiger partial charge on any atom is 0.294 e. The van der Waals surface area contributed by atoms with Gasteiger partial charge >= 0.3 is 0 Å². The Balaban J connectivity index is 2.73. The molecule has 0 atom stereocenters. The van der Waals surface area contributed by atoms with E-state index in [9.17, 15) is 4.79 Å². The molecular formula is C9H9N3O. The zero-order chi connectivity index (χ0) is 9.26. The minimum atomic E-state index is -0.0904. The van der Waals surface area contributed by atoms with Crippen LogP contribution in [0.4, 0.5) is 0 Å². The molecule has 0 fully saturated rings. The Bertz CT molecular complexity index is 495. The molecule has 2 heterocycles. The standard InChI is InChI=1S/C9H9N3O/c1-2-4-12-7-6-11-5-3-10-8(11)9(12)13/h2-3,5-7H,1,4H2. The van der Waals surface area contributed by atoms with Crippen molar-refractivity contribution in [1.82, 2.24) is 14.0 Å². The summed E-state index contributed by atoms with van der Waals surface area (Å²) in [5.41, 5.74) is 0.358. The van der Waals surface area contributed by atoms with Crippen molar-refractivity contribution in [2.24, 2.45) is 0 Å². The Morgan fingerprint density at radius 2 is 2.31 bits per heavy atom. The molecule has 0 aromatic carbocycles. The van der Waals surface area contributed by atoms with Crippen molar-refractivity contribution in [1.29, 1.82) is 0 Å². The molecule has 4 nitrogen and oxygen atoms in total. The first-order chi connectivity index (χ1) is 6.33. The highest BCUT2D eigenvalue weighted by molar-refractivity contribution is 5.34. The molecule has 0 bridgehead atoms. The van der Waals surface area contributed by atoms with Gasteiger partial charge in [-0.05, 0) is 0 Å².